The van der Waals surface area contributed by atoms with Crippen LogP contribution in [0.5, 0.6) is 0 Å². The molecule has 1 atom stereocenters. The second-order valence-corrected chi connectivity index (χ2v) is 5.87. The molecular weight excluding hydrogens is 296 g/mol. The first kappa shape index (κ1) is 12.7. The van der Waals surface area contributed by atoms with Gasteiger partial charge in [-0.15, -0.1) is 0 Å². The zero-order chi connectivity index (χ0) is 12.3. The SMILES string of the molecule is C[C@@H](O)c1ccc(Sc2cccc(Br)c2)cc1. The summed E-state index contributed by atoms with van der Waals surface area (Å²) >= 11 is 5.17. The maximum absolute atomic E-state index is 9.43. The summed E-state index contributed by atoms with van der Waals surface area (Å²) in [5.74, 6) is 0. The second-order valence-electron chi connectivity index (χ2n) is 3.80. The van der Waals surface area contributed by atoms with Gasteiger partial charge in [0.25, 0.3) is 0 Å². The third-order valence-electron chi connectivity index (χ3n) is 2.39. The lowest BCUT2D eigenvalue weighted by atomic mass is 10.1. The van der Waals surface area contributed by atoms with Gasteiger partial charge in [0.05, 0.1) is 6.10 Å². The molecule has 0 spiro atoms. The lowest BCUT2D eigenvalue weighted by Gasteiger charge is -2.06. The molecule has 0 amide bonds. The Morgan fingerprint density at radius 2 is 1.76 bits per heavy atom. The van der Waals surface area contributed by atoms with E-state index < -0.39 is 6.10 Å². The predicted octanol–water partition coefficient (Wildman–Crippen LogP) is 4.65. The van der Waals surface area contributed by atoms with Gasteiger partial charge in [-0.05, 0) is 42.8 Å². The van der Waals surface area contributed by atoms with Crippen molar-refractivity contribution in [2.24, 2.45) is 0 Å². The Balaban J connectivity index is 2.14. The van der Waals surface area contributed by atoms with Crippen molar-refractivity contribution >= 4 is 27.7 Å². The molecule has 0 bridgehead atoms. The van der Waals surface area contributed by atoms with Gasteiger partial charge >= 0.3 is 0 Å². The molecule has 2 rings (SSSR count). The van der Waals surface area contributed by atoms with E-state index in [4.69, 9.17) is 0 Å². The van der Waals surface area contributed by atoms with Crippen molar-refractivity contribution in [1.29, 1.82) is 0 Å². The molecule has 3 heteroatoms. The molecular formula is C14H13BrOS. The zero-order valence-electron chi connectivity index (χ0n) is 9.43. The number of hydrogen-bond acceptors (Lipinski definition) is 2. The van der Waals surface area contributed by atoms with E-state index in [1.807, 2.05) is 36.4 Å². The summed E-state index contributed by atoms with van der Waals surface area (Å²) in [6.45, 7) is 1.77. The number of aliphatic hydroxyl groups excluding tert-OH is 1. The molecule has 0 fully saturated rings. The van der Waals surface area contributed by atoms with Crippen LogP contribution in [0.1, 0.15) is 18.6 Å². The summed E-state index contributed by atoms with van der Waals surface area (Å²) in [5, 5.41) is 9.43. The fraction of sp³-hybridized carbons (Fsp3) is 0.143. The van der Waals surface area contributed by atoms with Gasteiger partial charge in [-0.1, -0.05) is 45.9 Å². The number of aliphatic hydroxyl groups is 1. The van der Waals surface area contributed by atoms with Crippen LogP contribution in [0.25, 0.3) is 0 Å². The second kappa shape index (κ2) is 5.71. The van der Waals surface area contributed by atoms with Crippen molar-refractivity contribution in [1.82, 2.24) is 0 Å². The summed E-state index contributed by atoms with van der Waals surface area (Å²) in [4.78, 5) is 2.37. The Morgan fingerprint density at radius 3 is 2.35 bits per heavy atom. The van der Waals surface area contributed by atoms with Gasteiger partial charge < -0.3 is 5.11 Å². The first-order chi connectivity index (χ1) is 8.15. The van der Waals surface area contributed by atoms with Crippen molar-refractivity contribution in [3.8, 4) is 0 Å². The molecule has 0 aliphatic carbocycles. The smallest absolute Gasteiger partial charge is 0.0761 e. The Hall–Kier alpha value is -0.770. The lowest BCUT2D eigenvalue weighted by Crippen LogP contribution is -1.89. The largest absolute Gasteiger partial charge is 0.389 e. The van der Waals surface area contributed by atoms with E-state index in [1.54, 1.807) is 18.7 Å². The maximum atomic E-state index is 9.43. The molecule has 0 unspecified atom stereocenters. The van der Waals surface area contributed by atoms with Crippen LogP contribution in [0.2, 0.25) is 0 Å². The first-order valence-corrected chi connectivity index (χ1v) is 6.97. The zero-order valence-corrected chi connectivity index (χ0v) is 11.8. The number of rotatable bonds is 3. The first-order valence-electron chi connectivity index (χ1n) is 5.36. The summed E-state index contributed by atoms with van der Waals surface area (Å²) in [5.41, 5.74) is 0.948. The van der Waals surface area contributed by atoms with Crippen molar-refractivity contribution in [3.63, 3.8) is 0 Å². The van der Waals surface area contributed by atoms with Crippen LogP contribution >= 0.6 is 27.7 Å². The highest BCUT2D eigenvalue weighted by Crippen LogP contribution is 2.30. The monoisotopic (exact) mass is 308 g/mol. The third-order valence-corrected chi connectivity index (χ3v) is 3.89. The molecule has 0 aromatic heterocycles. The van der Waals surface area contributed by atoms with E-state index in [-0.39, 0.29) is 0 Å². The van der Waals surface area contributed by atoms with Crippen LogP contribution in [0.3, 0.4) is 0 Å². The Kier molecular flexibility index (Phi) is 4.26. The molecule has 1 nitrogen and oxygen atoms in total. The van der Waals surface area contributed by atoms with Crippen LogP contribution < -0.4 is 0 Å². The molecule has 17 heavy (non-hydrogen) atoms. The highest BCUT2D eigenvalue weighted by Gasteiger charge is 2.01. The molecule has 1 N–H and O–H groups in total. The lowest BCUT2D eigenvalue weighted by molar-refractivity contribution is 0.199. The van der Waals surface area contributed by atoms with Crippen LogP contribution in [0.15, 0.2) is 62.8 Å². The number of hydrogen-bond donors (Lipinski definition) is 1. The van der Waals surface area contributed by atoms with E-state index in [9.17, 15) is 5.11 Å². The molecule has 0 saturated carbocycles. The maximum Gasteiger partial charge on any atom is 0.0761 e. The average molecular weight is 309 g/mol. The van der Waals surface area contributed by atoms with Crippen molar-refractivity contribution in [2.45, 2.75) is 22.8 Å². The van der Waals surface area contributed by atoms with Crippen molar-refractivity contribution < 1.29 is 5.11 Å². The van der Waals surface area contributed by atoms with Gasteiger partial charge in [-0.2, -0.15) is 0 Å². The minimum atomic E-state index is -0.403. The minimum Gasteiger partial charge on any atom is -0.389 e. The molecule has 0 aliphatic heterocycles. The van der Waals surface area contributed by atoms with Crippen LogP contribution in [0, 0.1) is 0 Å². The topological polar surface area (TPSA) is 20.2 Å². The average Bonchev–Trinajstić information content (AvgIpc) is 2.29. The number of benzene rings is 2. The molecule has 0 heterocycles. The van der Waals surface area contributed by atoms with Gasteiger partial charge in [0.15, 0.2) is 0 Å². The summed E-state index contributed by atoms with van der Waals surface area (Å²) in [6.07, 6.45) is -0.403. The molecule has 0 radical (unpaired) electrons. The van der Waals surface area contributed by atoms with Gasteiger partial charge in [0.2, 0.25) is 0 Å². The van der Waals surface area contributed by atoms with Crippen LogP contribution in [-0.4, -0.2) is 5.11 Å². The molecule has 0 aliphatic rings. The molecule has 88 valence electrons. The van der Waals surface area contributed by atoms with Gasteiger partial charge in [0.1, 0.15) is 0 Å². The Bertz CT molecular complexity index is 494. The standard InChI is InChI=1S/C14H13BrOS/c1-10(16)11-5-7-13(8-6-11)17-14-4-2-3-12(15)9-14/h2-10,16H,1H3/t10-/m1/s1. The van der Waals surface area contributed by atoms with Gasteiger partial charge in [-0.3, -0.25) is 0 Å². The predicted molar refractivity (Wildman–Crippen MR) is 75.3 cm³/mol. The fourth-order valence-electron chi connectivity index (χ4n) is 1.48. The quantitative estimate of drug-likeness (QED) is 0.890. The third kappa shape index (κ3) is 3.60. The molecule has 2 aromatic rings. The van der Waals surface area contributed by atoms with Crippen molar-refractivity contribution in [3.05, 3.63) is 58.6 Å². The van der Waals surface area contributed by atoms with E-state index >= 15 is 0 Å². The molecule has 2 aromatic carbocycles. The highest BCUT2D eigenvalue weighted by atomic mass is 79.9. The fourth-order valence-corrected chi connectivity index (χ4v) is 2.91. The Labute approximate surface area is 114 Å². The Morgan fingerprint density at radius 1 is 1.06 bits per heavy atom. The van der Waals surface area contributed by atoms with Crippen LogP contribution in [0.4, 0.5) is 0 Å². The van der Waals surface area contributed by atoms with Gasteiger partial charge in [-0.25, -0.2) is 0 Å². The van der Waals surface area contributed by atoms with E-state index in [2.05, 4.69) is 28.1 Å². The van der Waals surface area contributed by atoms with Crippen molar-refractivity contribution in [2.75, 3.05) is 0 Å². The van der Waals surface area contributed by atoms with Crippen LogP contribution in [-0.2, 0) is 0 Å². The highest BCUT2D eigenvalue weighted by molar-refractivity contribution is 9.10. The van der Waals surface area contributed by atoms with E-state index in [0.29, 0.717) is 0 Å². The normalized spacial score (nSPS) is 12.4. The van der Waals surface area contributed by atoms with E-state index in [0.717, 1.165) is 10.0 Å². The minimum absolute atomic E-state index is 0.403. The summed E-state index contributed by atoms with van der Waals surface area (Å²) < 4.78 is 1.09. The number of halogens is 1. The summed E-state index contributed by atoms with van der Waals surface area (Å²) in [6, 6.07) is 16.2. The molecule has 0 saturated heterocycles. The van der Waals surface area contributed by atoms with E-state index in [1.165, 1.54) is 9.79 Å². The van der Waals surface area contributed by atoms with Gasteiger partial charge in [0, 0.05) is 14.3 Å². The summed E-state index contributed by atoms with van der Waals surface area (Å²) in [7, 11) is 0.